The second-order valence-electron chi connectivity index (χ2n) is 3.17. The zero-order chi connectivity index (χ0) is 12.1. The van der Waals surface area contributed by atoms with Gasteiger partial charge in [-0.3, -0.25) is 5.32 Å². The van der Waals surface area contributed by atoms with Gasteiger partial charge in [-0.05, 0) is 41.1 Å². The zero-order valence-corrected chi connectivity index (χ0v) is 12.6. The van der Waals surface area contributed by atoms with Gasteiger partial charge in [0.15, 0.2) is 5.13 Å². The second kappa shape index (κ2) is 6.31. The second-order valence-corrected chi connectivity index (χ2v) is 7.13. The summed E-state index contributed by atoms with van der Waals surface area (Å²) >= 11 is 5.44. The number of nitrogens with zero attached hydrogens (tertiary/aromatic N) is 1. The van der Waals surface area contributed by atoms with Gasteiger partial charge in [-0.1, -0.05) is 0 Å². The first-order valence-corrected chi connectivity index (χ1v) is 7.70. The molecular formula is C10H10IN3OS2. The van der Waals surface area contributed by atoms with Crippen molar-refractivity contribution >= 4 is 56.4 Å². The molecule has 0 bridgehead atoms. The average Bonchev–Trinajstić information content (AvgIpc) is 2.90. The van der Waals surface area contributed by atoms with Gasteiger partial charge in [-0.25, -0.2) is 9.78 Å². The van der Waals surface area contributed by atoms with Crippen LogP contribution >= 0.6 is 45.3 Å². The summed E-state index contributed by atoms with van der Waals surface area (Å²) in [6, 6.07) is 3.97. The van der Waals surface area contributed by atoms with Crippen molar-refractivity contribution < 1.29 is 4.79 Å². The number of carbonyl (C=O) groups is 1. The van der Waals surface area contributed by atoms with E-state index in [1.54, 1.807) is 17.5 Å². The smallest absolute Gasteiger partial charge is 0.321 e. The molecule has 0 saturated heterocycles. The molecular weight excluding hydrogens is 369 g/mol. The van der Waals surface area contributed by atoms with Gasteiger partial charge in [-0.2, -0.15) is 0 Å². The summed E-state index contributed by atoms with van der Waals surface area (Å²) in [5, 5.41) is 7.91. The number of nitrogens with one attached hydrogen (secondary N) is 2. The fraction of sp³-hybridized carbons (Fsp3) is 0.200. The van der Waals surface area contributed by atoms with Gasteiger partial charge in [-0.15, -0.1) is 22.7 Å². The number of hydrogen-bond acceptors (Lipinski definition) is 4. The van der Waals surface area contributed by atoms with Crippen molar-refractivity contribution in [2.45, 2.75) is 6.42 Å². The number of aromatic nitrogens is 1. The average molecular weight is 379 g/mol. The molecule has 90 valence electrons. The van der Waals surface area contributed by atoms with Crippen LogP contribution in [0.2, 0.25) is 0 Å². The van der Waals surface area contributed by atoms with Gasteiger partial charge in [0.25, 0.3) is 0 Å². The molecule has 2 aromatic heterocycles. The highest BCUT2D eigenvalue weighted by atomic mass is 127. The number of anilines is 1. The van der Waals surface area contributed by atoms with Crippen molar-refractivity contribution in [2.24, 2.45) is 0 Å². The Kier molecular flexibility index (Phi) is 4.75. The minimum absolute atomic E-state index is 0.203. The number of thiazole rings is 1. The normalized spacial score (nSPS) is 10.2. The van der Waals surface area contributed by atoms with Crippen LogP contribution in [0.5, 0.6) is 0 Å². The lowest BCUT2D eigenvalue weighted by Crippen LogP contribution is -2.30. The quantitative estimate of drug-likeness (QED) is 0.802. The van der Waals surface area contributed by atoms with Gasteiger partial charge >= 0.3 is 6.03 Å². The molecule has 0 atom stereocenters. The van der Waals surface area contributed by atoms with Gasteiger partial charge in [0, 0.05) is 23.0 Å². The van der Waals surface area contributed by atoms with E-state index in [2.05, 4.69) is 50.3 Å². The molecule has 2 amide bonds. The van der Waals surface area contributed by atoms with Gasteiger partial charge < -0.3 is 5.32 Å². The molecule has 17 heavy (non-hydrogen) atoms. The highest BCUT2D eigenvalue weighted by molar-refractivity contribution is 14.1. The van der Waals surface area contributed by atoms with Crippen LogP contribution < -0.4 is 10.6 Å². The van der Waals surface area contributed by atoms with Crippen molar-refractivity contribution in [3.63, 3.8) is 0 Å². The van der Waals surface area contributed by atoms with E-state index < -0.39 is 0 Å². The van der Waals surface area contributed by atoms with E-state index in [1.807, 2.05) is 5.38 Å². The van der Waals surface area contributed by atoms with Crippen LogP contribution in [0.3, 0.4) is 0 Å². The molecule has 4 nitrogen and oxygen atoms in total. The highest BCUT2D eigenvalue weighted by Gasteiger charge is 2.03. The molecule has 0 fully saturated rings. The molecule has 2 heterocycles. The number of urea groups is 1. The Hall–Kier alpha value is -0.670. The summed E-state index contributed by atoms with van der Waals surface area (Å²) in [7, 11) is 0. The Morgan fingerprint density at radius 1 is 1.47 bits per heavy atom. The fourth-order valence-electron chi connectivity index (χ4n) is 1.21. The number of halogens is 1. The molecule has 2 N–H and O–H groups in total. The maximum Gasteiger partial charge on any atom is 0.321 e. The largest absolute Gasteiger partial charge is 0.337 e. The molecule has 0 aromatic carbocycles. The van der Waals surface area contributed by atoms with Gasteiger partial charge in [0.2, 0.25) is 0 Å². The van der Waals surface area contributed by atoms with E-state index in [0.29, 0.717) is 11.7 Å². The first kappa shape index (κ1) is 12.8. The highest BCUT2D eigenvalue weighted by Crippen LogP contribution is 2.18. The van der Waals surface area contributed by atoms with Crippen LogP contribution in [-0.4, -0.2) is 17.6 Å². The topological polar surface area (TPSA) is 54.0 Å². The standard InChI is InChI=1S/C10H10IN3OS2/c11-8-2-1-7(17-8)3-4-12-9(15)14-10-13-5-6-16-10/h1-2,5-6H,3-4H2,(H2,12,13,14,15). The minimum Gasteiger partial charge on any atom is -0.337 e. The maximum atomic E-state index is 11.5. The van der Waals surface area contributed by atoms with Crippen molar-refractivity contribution in [1.82, 2.24) is 10.3 Å². The number of amides is 2. The Balaban J connectivity index is 1.70. The molecule has 0 aliphatic heterocycles. The number of thiophene rings is 1. The molecule has 2 aromatic rings. The Labute approximate surface area is 121 Å². The van der Waals surface area contributed by atoms with E-state index in [9.17, 15) is 4.79 Å². The van der Waals surface area contributed by atoms with Crippen molar-refractivity contribution in [2.75, 3.05) is 11.9 Å². The first-order chi connectivity index (χ1) is 8.24. The first-order valence-electron chi connectivity index (χ1n) is 4.92. The molecule has 0 saturated carbocycles. The summed E-state index contributed by atoms with van der Waals surface area (Å²) < 4.78 is 1.27. The van der Waals surface area contributed by atoms with E-state index >= 15 is 0 Å². The van der Waals surface area contributed by atoms with Crippen LogP contribution in [0.4, 0.5) is 9.93 Å². The van der Waals surface area contributed by atoms with Crippen LogP contribution in [0.25, 0.3) is 0 Å². The van der Waals surface area contributed by atoms with E-state index in [1.165, 1.54) is 19.1 Å². The summed E-state index contributed by atoms with van der Waals surface area (Å²) in [5.41, 5.74) is 0. The number of carbonyl (C=O) groups excluding carboxylic acids is 1. The van der Waals surface area contributed by atoms with E-state index in [0.717, 1.165) is 6.42 Å². The Bertz CT molecular complexity index is 483. The summed E-state index contributed by atoms with van der Waals surface area (Å²) in [4.78, 5) is 16.7. The predicted molar refractivity (Wildman–Crippen MR) is 79.9 cm³/mol. The predicted octanol–water partition coefficient (Wildman–Crippen LogP) is 3.17. The summed E-state index contributed by atoms with van der Waals surface area (Å²) in [5.74, 6) is 0. The van der Waals surface area contributed by atoms with Crippen molar-refractivity contribution in [3.8, 4) is 0 Å². The summed E-state index contributed by atoms with van der Waals surface area (Å²) in [6.45, 7) is 0.633. The van der Waals surface area contributed by atoms with E-state index in [4.69, 9.17) is 0 Å². The molecule has 2 rings (SSSR count). The number of rotatable bonds is 4. The third kappa shape index (κ3) is 4.25. The lowest BCUT2D eigenvalue weighted by atomic mass is 10.3. The molecule has 0 aliphatic carbocycles. The SMILES string of the molecule is O=C(NCCc1ccc(I)s1)Nc1nccs1. The molecule has 0 aliphatic rings. The van der Waals surface area contributed by atoms with Crippen LogP contribution in [0.1, 0.15) is 4.88 Å². The van der Waals surface area contributed by atoms with E-state index in [-0.39, 0.29) is 6.03 Å². The van der Waals surface area contributed by atoms with Crippen molar-refractivity contribution in [1.29, 1.82) is 0 Å². The Morgan fingerprint density at radius 3 is 3.00 bits per heavy atom. The van der Waals surface area contributed by atoms with Gasteiger partial charge in [0.05, 0.1) is 2.88 Å². The van der Waals surface area contributed by atoms with Crippen molar-refractivity contribution in [3.05, 3.63) is 31.5 Å². The lowest BCUT2D eigenvalue weighted by molar-refractivity contribution is 0.252. The monoisotopic (exact) mass is 379 g/mol. The molecule has 0 unspecified atom stereocenters. The van der Waals surface area contributed by atoms with Gasteiger partial charge in [0.1, 0.15) is 0 Å². The zero-order valence-electron chi connectivity index (χ0n) is 8.77. The summed E-state index contributed by atoms with van der Waals surface area (Å²) in [6.07, 6.45) is 2.52. The third-order valence-electron chi connectivity index (χ3n) is 1.94. The molecule has 0 spiro atoms. The van der Waals surface area contributed by atoms with Crippen LogP contribution in [0, 0.1) is 2.88 Å². The number of hydrogen-bond donors (Lipinski definition) is 2. The fourth-order valence-corrected chi connectivity index (χ4v) is 3.49. The third-order valence-corrected chi connectivity index (χ3v) is 4.58. The lowest BCUT2D eigenvalue weighted by Gasteiger charge is -2.03. The Morgan fingerprint density at radius 2 is 2.35 bits per heavy atom. The van der Waals surface area contributed by atoms with Crippen LogP contribution in [0.15, 0.2) is 23.7 Å². The minimum atomic E-state index is -0.203. The van der Waals surface area contributed by atoms with Crippen LogP contribution in [-0.2, 0) is 6.42 Å². The maximum absolute atomic E-state index is 11.5. The molecule has 0 radical (unpaired) electrons. The molecule has 7 heteroatoms.